The first-order valence-electron chi connectivity index (χ1n) is 9.95. The van der Waals surface area contributed by atoms with Crippen LogP contribution in [0.15, 0.2) is 84.9 Å². The van der Waals surface area contributed by atoms with Gasteiger partial charge in [-0.25, -0.2) is 0 Å². The fourth-order valence-corrected chi connectivity index (χ4v) is 4.21. The first-order chi connectivity index (χ1) is 14.6. The summed E-state index contributed by atoms with van der Waals surface area (Å²) in [6, 6.07) is 27.3. The molecule has 4 aromatic rings. The lowest BCUT2D eigenvalue weighted by molar-refractivity contribution is 0.102. The predicted octanol–water partition coefficient (Wildman–Crippen LogP) is 5.49. The fraction of sp³-hybridized carbons (Fsp3) is 0.0741. The minimum absolute atomic E-state index is 0.0125. The Hall–Kier alpha value is -3.85. The van der Waals surface area contributed by atoms with Crippen molar-refractivity contribution in [2.24, 2.45) is 0 Å². The number of benzene rings is 4. The monoisotopic (exact) mass is 392 g/mol. The minimum atomic E-state index is -0.317. The number of carbonyl (C=O) groups is 1. The minimum Gasteiger partial charge on any atom is -0.507 e. The van der Waals surface area contributed by atoms with Crippen molar-refractivity contribution in [3.8, 4) is 22.6 Å². The highest BCUT2D eigenvalue weighted by Crippen LogP contribution is 2.38. The second kappa shape index (κ2) is 7.20. The lowest BCUT2D eigenvalue weighted by Gasteiger charge is -2.21. The zero-order valence-corrected chi connectivity index (χ0v) is 16.3. The van der Waals surface area contributed by atoms with Gasteiger partial charge in [0.1, 0.15) is 11.5 Å². The van der Waals surface area contributed by atoms with Gasteiger partial charge in [-0.1, -0.05) is 78.9 Å². The zero-order chi connectivity index (χ0) is 20.7. The molecule has 0 heterocycles. The van der Waals surface area contributed by atoms with Crippen molar-refractivity contribution in [3.63, 3.8) is 0 Å². The van der Waals surface area contributed by atoms with Crippen molar-refractivity contribution < 1.29 is 15.0 Å². The number of hydrogen-bond acceptors (Lipinski definition) is 3. The normalized spacial score (nSPS) is 12.3. The smallest absolute Gasteiger partial charge is 0.201 e. The van der Waals surface area contributed by atoms with Crippen molar-refractivity contribution in [1.82, 2.24) is 0 Å². The molecule has 5 rings (SSSR count). The molecule has 0 bridgehead atoms. The van der Waals surface area contributed by atoms with E-state index in [9.17, 15) is 15.0 Å². The quantitative estimate of drug-likeness (QED) is 0.427. The van der Waals surface area contributed by atoms with E-state index in [-0.39, 0.29) is 17.3 Å². The molecule has 1 aliphatic rings. The number of fused-ring (bicyclic) bond motifs is 2. The SMILES string of the molecule is O=C1c2c(O)cccc2Cc2ccc(Cc3ccc(-c4ccccc4)cc3)c(O)c21. The summed E-state index contributed by atoms with van der Waals surface area (Å²) in [7, 11) is 0. The van der Waals surface area contributed by atoms with Crippen LogP contribution in [0.2, 0.25) is 0 Å². The van der Waals surface area contributed by atoms with E-state index in [2.05, 4.69) is 24.3 Å². The Labute approximate surface area is 174 Å². The number of phenols is 2. The van der Waals surface area contributed by atoms with Crippen LogP contribution in [-0.4, -0.2) is 16.0 Å². The van der Waals surface area contributed by atoms with E-state index in [0.29, 0.717) is 29.5 Å². The Morgan fingerprint density at radius 3 is 2.13 bits per heavy atom. The van der Waals surface area contributed by atoms with Crippen LogP contribution in [0.5, 0.6) is 11.5 Å². The highest BCUT2D eigenvalue weighted by molar-refractivity contribution is 6.15. The van der Waals surface area contributed by atoms with Gasteiger partial charge < -0.3 is 10.2 Å². The standard InChI is InChI=1S/C27H20O3/c28-23-8-4-7-20-16-21-13-14-22(26(29)25(21)27(30)24(20)23)15-17-9-11-19(12-10-17)18-5-2-1-3-6-18/h1-14,28-29H,15-16H2. The molecule has 4 aromatic carbocycles. The number of phenolic OH excluding ortho intramolecular Hbond substituents is 2. The molecular weight excluding hydrogens is 372 g/mol. The summed E-state index contributed by atoms with van der Waals surface area (Å²) in [5, 5.41) is 21.1. The summed E-state index contributed by atoms with van der Waals surface area (Å²) >= 11 is 0. The van der Waals surface area contributed by atoms with Gasteiger partial charge in [0.15, 0.2) is 0 Å². The van der Waals surface area contributed by atoms with Crippen LogP contribution < -0.4 is 0 Å². The van der Waals surface area contributed by atoms with Gasteiger partial charge in [0.05, 0.1) is 11.1 Å². The second-order valence-corrected chi connectivity index (χ2v) is 7.66. The van der Waals surface area contributed by atoms with E-state index < -0.39 is 0 Å². The highest BCUT2D eigenvalue weighted by Gasteiger charge is 2.29. The number of aromatic hydroxyl groups is 2. The molecule has 146 valence electrons. The van der Waals surface area contributed by atoms with E-state index in [4.69, 9.17) is 0 Å². The molecule has 0 radical (unpaired) electrons. The molecule has 0 spiro atoms. The summed E-state index contributed by atoms with van der Waals surface area (Å²) in [6.45, 7) is 0. The first kappa shape index (κ1) is 18.2. The molecule has 2 N–H and O–H groups in total. The molecule has 0 fully saturated rings. The van der Waals surface area contributed by atoms with Crippen LogP contribution in [-0.2, 0) is 12.8 Å². The Balaban J connectivity index is 1.46. The molecule has 0 saturated carbocycles. The Kier molecular flexibility index (Phi) is 4.36. The summed E-state index contributed by atoms with van der Waals surface area (Å²) in [5.74, 6) is -0.342. The third kappa shape index (κ3) is 3.05. The van der Waals surface area contributed by atoms with Gasteiger partial charge >= 0.3 is 0 Å². The van der Waals surface area contributed by atoms with Crippen molar-refractivity contribution in [2.45, 2.75) is 12.8 Å². The number of carbonyl (C=O) groups excluding carboxylic acids is 1. The van der Waals surface area contributed by atoms with E-state index in [1.54, 1.807) is 6.07 Å². The Bertz CT molecular complexity index is 1260. The molecule has 30 heavy (non-hydrogen) atoms. The average molecular weight is 392 g/mol. The van der Waals surface area contributed by atoms with Gasteiger partial charge in [0.2, 0.25) is 5.78 Å². The van der Waals surface area contributed by atoms with E-state index in [1.807, 2.05) is 48.5 Å². The van der Waals surface area contributed by atoms with Crippen molar-refractivity contribution in [1.29, 1.82) is 0 Å². The molecule has 3 nitrogen and oxygen atoms in total. The maximum absolute atomic E-state index is 13.0. The number of rotatable bonds is 3. The summed E-state index contributed by atoms with van der Waals surface area (Å²) in [5.41, 5.74) is 6.23. The molecule has 0 aliphatic heterocycles. The summed E-state index contributed by atoms with van der Waals surface area (Å²) < 4.78 is 0. The van der Waals surface area contributed by atoms with Gasteiger partial charge in [-0.2, -0.15) is 0 Å². The molecule has 0 aromatic heterocycles. The molecule has 0 saturated heterocycles. The van der Waals surface area contributed by atoms with Gasteiger partial charge in [-0.3, -0.25) is 4.79 Å². The fourth-order valence-electron chi connectivity index (χ4n) is 4.21. The molecule has 1 aliphatic carbocycles. The first-order valence-corrected chi connectivity index (χ1v) is 9.95. The molecular formula is C27H20O3. The molecule has 3 heteroatoms. The van der Waals surface area contributed by atoms with Crippen LogP contribution >= 0.6 is 0 Å². The number of hydrogen-bond donors (Lipinski definition) is 2. The summed E-state index contributed by atoms with van der Waals surface area (Å²) in [4.78, 5) is 13.0. The number of ketones is 1. The average Bonchev–Trinajstić information content (AvgIpc) is 2.77. The van der Waals surface area contributed by atoms with Gasteiger partial charge in [0.25, 0.3) is 0 Å². The molecule has 0 atom stereocenters. The van der Waals surface area contributed by atoms with E-state index in [0.717, 1.165) is 27.8 Å². The third-order valence-corrected chi connectivity index (χ3v) is 5.77. The predicted molar refractivity (Wildman–Crippen MR) is 117 cm³/mol. The maximum atomic E-state index is 13.0. The zero-order valence-electron chi connectivity index (χ0n) is 16.3. The Morgan fingerprint density at radius 2 is 1.37 bits per heavy atom. The van der Waals surface area contributed by atoms with E-state index >= 15 is 0 Å². The van der Waals surface area contributed by atoms with Crippen molar-refractivity contribution in [3.05, 3.63) is 118 Å². The van der Waals surface area contributed by atoms with Crippen LogP contribution in [0.4, 0.5) is 0 Å². The third-order valence-electron chi connectivity index (χ3n) is 5.77. The van der Waals surface area contributed by atoms with Crippen molar-refractivity contribution in [2.75, 3.05) is 0 Å². The van der Waals surface area contributed by atoms with Crippen LogP contribution in [0.25, 0.3) is 11.1 Å². The van der Waals surface area contributed by atoms with Crippen LogP contribution in [0.3, 0.4) is 0 Å². The Morgan fingerprint density at radius 1 is 0.667 bits per heavy atom. The van der Waals surface area contributed by atoms with Gasteiger partial charge in [-0.05, 0) is 45.9 Å². The molecule has 0 unspecified atom stereocenters. The second-order valence-electron chi connectivity index (χ2n) is 7.66. The van der Waals surface area contributed by atoms with Crippen LogP contribution in [0, 0.1) is 0 Å². The van der Waals surface area contributed by atoms with Gasteiger partial charge in [0, 0.05) is 6.42 Å². The lowest BCUT2D eigenvalue weighted by atomic mass is 9.82. The largest absolute Gasteiger partial charge is 0.507 e. The van der Waals surface area contributed by atoms with Gasteiger partial charge in [-0.15, -0.1) is 0 Å². The van der Waals surface area contributed by atoms with E-state index in [1.165, 1.54) is 6.07 Å². The topological polar surface area (TPSA) is 57.5 Å². The highest BCUT2D eigenvalue weighted by atomic mass is 16.3. The lowest BCUT2D eigenvalue weighted by Crippen LogP contribution is -2.16. The summed E-state index contributed by atoms with van der Waals surface area (Å²) in [6.07, 6.45) is 1.04. The molecule has 0 amide bonds. The van der Waals surface area contributed by atoms with Crippen LogP contribution in [0.1, 0.15) is 38.2 Å². The maximum Gasteiger partial charge on any atom is 0.201 e. The van der Waals surface area contributed by atoms with Crippen molar-refractivity contribution >= 4 is 5.78 Å².